The van der Waals surface area contributed by atoms with Crippen LogP contribution in [0.2, 0.25) is 5.02 Å². The number of rotatable bonds is 7. The van der Waals surface area contributed by atoms with Gasteiger partial charge in [-0.05, 0) is 39.9 Å². The predicted octanol–water partition coefficient (Wildman–Crippen LogP) is 4.88. The van der Waals surface area contributed by atoms with Crippen LogP contribution in [0.3, 0.4) is 0 Å². The Morgan fingerprint density at radius 3 is 2.25 bits per heavy atom. The quantitative estimate of drug-likeness (QED) is 0.534. The van der Waals surface area contributed by atoms with Crippen molar-refractivity contribution < 1.29 is 24.2 Å². The molecule has 1 atom stereocenters. The summed E-state index contributed by atoms with van der Waals surface area (Å²) in [6.45, 7) is 0.112. The van der Waals surface area contributed by atoms with Crippen molar-refractivity contribution in [3.8, 4) is 16.9 Å². The number of carboxylic acids is 1. The minimum atomic E-state index is -1.16. The van der Waals surface area contributed by atoms with Crippen LogP contribution in [-0.4, -0.2) is 36.9 Å². The molecule has 2 N–H and O–H groups in total. The Morgan fingerprint density at radius 2 is 1.66 bits per heavy atom. The standard InChI is InChI=1S/C25H22ClNO5/c1-31-23-13-15(10-11-21(23)26)12-22(24(28)29)27-25(30)32-14-20-18-8-4-2-6-16(18)17-7-3-5-9-19(17)20/h2-11,13,20,22H,12,14H2,1H3,(H,27,30)(H,28,29)/t22-/m0/s1. The monoisotopic (exact) mass is 451 g/mol. The highest BCUT2D eigenvalue weighted by Crippen LogP contribution is 2.44. The molecule has 1 aliphatic carbocycles. The first-order chi connectivity index (χ1) is 15.5. The van der Waals surface area contributed by atoms with E-state index in [1.807, 2.05) is 36.4 Å². The summed E-state index contributed by atoms with van der Waals surface area (Å²) < 4.78 is 10.6. The molecule has 0 saturated heterocycles. The maximum absolute atomic E-state index is 12.5. The fraction of sp³-hybridized carbons (Fsp3) is 0.200. The first-order valence-electron chi connectivity index (χ1n) is 10.1. The van der Waals surface area contributed by atoms with Gasteiger partial charge in [-0.2, -0.15) is 0 Å². The predicted molar refractivity (Wildman–Crippen MR) is 121 cm³/mol. The van der Waals surface area contributed by atoms with Gasteiger partial charge in [-0.15, -0.1) is 0 Å². The lowest BCUT2D eigenvalue weighted by atomic mass is 9.98. The molecular weight excluding hydrogens is 430 g/mol. The summed E-state index contributed by atoms with van der Waals surface area (Å²) in [6.07, 6.45) is -0.715. The maximum Gasteiger partial charge on any atom is 0.407 e. The molecule has 0 bridgehead atoms. The number of benzene rings is 3. The van der Waals surface area contributed by atoms with E-state index in [4.69, 9.17) is 21.1 Å². The summed E-state index contributed by atoms with van der Waals surface area (Å²) in [5, 5.41) is 12.5. The smallest absolute Gasteiger partial charge is 0.407 e. The zero-order valence-electron chi connectivity index (χ0n) is 17.4. The van der Waals surface area contributed by atoms with Gasteiger partial charge < -0.3 is 19.9 Å². The lowest BCUT2D eigenvalue weighted by Crippen LogP contribution is -2.42. The Balaban J connectivity index is 1.43. The van der Waals surface area contributed by atoms with Crippen LogP contribution in [0.5, 0.6) is 5.75 Å². The highest BCUT2D eigenvalue weighted by Gasteiger charge is 2.29. The molecule has 1 amide bonds. The number of carbonyl (C=O) groups is 2. The van der Waals surface area contributed by atoms with E-state index in [1.54, 1.807) is 18.2 Å². The number of aliphatic carboxylic acids is 1. The van der Waals surface area contributed by atoms with Crippen molar-refractivity contribution in [1.82, 2.24) is 5.32 Å². The van der Waals surface area contributed by atoms with E-state index < -0.39 is 18.1 Å². The molecule has 7 heteroatoms. The number of ether oxygens (including phenoxy) is 2. The summed E-state index contributed by atoms with van der Waals surface area (Å²) in [4.78, 5) is 24.2. The van der Waals surface area contributed by atoms with Crippen LogP contribution < -0.4 is 10.1 Å². The molecule has 164 valence electrons. The van der Waals surface area contributed by atoms with Gasteiger partial charge in [-0.3, -0.25) is 0 Å². The van der Waals surface area contributed by atoms with Gasteiger partial charge in [0.15, 0.2) is 0 Å². The lowest BCUT2D eigenvalue weighted by molar-refractivity contribution is -0.139. The van der Waals surface area contributed by atoms with Crippen LogP contribution in [0.15, 0.2) is 66.7 Å². The Labute approximate surface area is 190 Å². The Kier molecular flexibility index (Phi) is 6.32. The molecule has 0 fully saturated rings. The summed E-state index contributed by atoms with van der Waals surface area (Å²) in [7, 11) is 1.48. The molecule has 4 rings (SSSR count). The number of alkyl carbamates (subject to hydrolysis) is 1. The molecule has 1 aliphatic rings. The molecule has 32 heavy (non-hydrogen) atoms. The summed E-state index contributed by atoms with van der Waals surface area (Å²) in [6, 6.07) is 19.8. The normalized spacial score (nSPS) is 13.1. The van der Waals surface area contributed by atoms with E-state index in [0.717, 1.165) is 22.3 Å². The minimum absolute atomic E-state index is 0.0626. The van der Waals surface area contributed by atoms with E-state index in [9.17, 15) is 14.7 Å². The number of fused-ring (bicyclic) bond motifs is 3. The SMILES string of the molecule is COc1cc(C[C@H](NC(=O)OCC2c3ccccc3-c3ccccc32)C(=O)O)ccc1Cl. The number of carboxylic acid groups (broad SMARTS) is 1. The van der Waals surface area contributed by atoms with Crippen molar-refractivity contribution in [3.63, 3.8) is 0 Å². The molecular formula is C25H22ClNO5. The zero-order chi connectivity index (χ0) is 22.7. The highest BCUT2D eigenvalue weighted by atomic mass is 35.5. The van der Waals surface area contributed by atoms with E-state index in [-0.39, 0.29) is 18.9 Å². The Morgan fingerprint density at radius 1 is 1.03 bits per heavy atom. The van der Waals surface area contributed by atoms with Crippen LogP contribution in [0, 0.1) is 0 Å². The van der Waals surface area contributed by atoms with Crippen LogP contribution in [0.4, 0.5) is 4.79 Å². The number of methoxy groups -OCH3 is 1. The molecule has 0 heterocycles. The second kappa shape index (κ2) is 9.32. The van der Waals surface area contributed by atoms with Gasteiger partial charge in [0.05, 0.1) is 12.1 Å². The van der Waals surface area contributed by atoms with Gasteiger partial charge in [0, 0.05) is 12.3 Å². The molecule has 3 aromatic rings. The maximum atomic E-state index is 12.5. The van der Waals surface area contributed by atoms with Gasteiger partial charge in [-0.25, -0.2) is 9.59 Å². The van der Waals surface area contributed by atoms with Gasteiger partial charge in [0.25, 0.3) is 0 Å². The van der Waals surface area contributed by atoms with E-state index >= 15 is 0 Å². The number of nitrogens with one attached hydrogen (secondary N) is 1. The van der Waals surface area contributed by atoms with E-state index in [2.05, 4.69) is 17.4 Å². The molecule has 0 aromatic heterocycles. The second-order valence-electron chi connectivity index (χ2n) is 7.53. The Hall–Kier alpha value is -3.51. The number of hydrogen-bond acceptors (Lipinski definition) is 4. The third-order valence-electron chi connectivity index (χ3n) is 5.59. The number of halogens is 1. The molecule has 0 saturated carbocycles. The lowest BCUT2D eigenvalue weighted by Gasteiger charge is -2.18. The third-order valence-corrected chi connectivity index (χ3v) is 5.90. The van der Waals surface area contributed by atoms with Crippen molar-refractivity contribution in [2.24, 2.45) is 0 Å². The van der Waals surface area contributed by atoms with Crippen molar-refractivity contribution in [1.29, 1.82) is 0 Å². The first kappa shape index (κ1) is 21.7. The summed E-state index contributed by atoms with van der Waals surface area (Å²) in [5.74, 6) is -0.821. The van der Waals surface area contributed by atoms with Gasteiger partial charge in [0.2, 0.25) is 0 Å². The topological polar surface area (TPSA) is 84.9 Å². The minimum Gasteiger partial charge on any atom is -0.495 e. The van der Waals surface area contributed by atoms with E-state index in [0.29, 0.717) is 16.3 Å². The van der Waals surface area contributed by atoms with Crippen molar-refractivity contribution in [3.05, 3.63) is 88.4 Å². The fourth-order valence-electron chi connectivity index (χ4n) is 4.05. The van der Waals surface area contributed by atoms with E-state index in [1.165, 1.54) is 7.11 Å². The molecule has 0 aliphatic heterocycles. The van der Waals surface area contributed by atoms with Crippen molar-refractivity contribution >= 4 is 23.7 Å². The molecule has 0 spiro atoms. The van der Waals surface area contributed by atoms with Crippen LogP contribution in [0.25, 0.3) is 11.1 Å². The Bertz CT molecular complexity index is 1120. The van der Waals surface area contributed by atoms with Gasteiger partial charge in [-0.1, -0.05) is 66.2 Å². The second-order valence-corrected chi connectivity index (χ2v) is 7.94. The van der Waals surface area contributed by atoms with Crippen LogP contribution in [-0.2, 0) is 16.0 Å². The highest BCUT2D eigenvalue weighted by molar-refractivity contribution is 6.32. The average molecular weight is 452 g/mol. The summed E-state index contributed by atoms with van der Waals surface area (Å²) in [5.41, 5.74) is 5.08. The molecule has 0 unspecified atom stereocenters. The fourth-order valence-corrected chi connectivity index (χ4v) is 4.24. The van der Waals surface area contributed by atoms with Gasteiger partial charge in [0.1, 0.15) is 18.4 Å². The number of carbonyl (C=O) groups excluding carboxylic acids is 1. The summed E-state index contributed by atoms with van der Waals surface area (Å²) >= 11 is 6.02. The van der Waals surface area contributed by atoms with Crippen molar-refractivity contribution in [2.75, 3.05) is 13.7 Å². The first-order valence-corrected chi connectivity index (χ1v) is 10.5. The number of amides is 1. The molecule has 0 radical (unpaired) electrons. The van der Waals surface area contributed by atoms with Gasteiger partial charge >= 0.3 is 12.1 Å². The number of hydrogen-bond donors (Lipinski definition) is 2. The molecule has 6 nitrogen and oxygen atoms in total. The van der Waals surface area contributed by atoms with Crippen LogP contribution in [0.1, 0.15) is 22.6 Å². The molecule has 3 aromatic carbocycles. The largest absolute Gasteiger partial charge is 0.495 e. The van der Waals surface area contributed by atoms with Crippen LogP contribution >= 0.6 is 11.6 Å². The van der Waals surface area contributed by atoms with Crippen molar-refractivity contribution in [2.45, 2.75) is 18.4 Å². The third kappa shape index (κ3) is 4.41. The average Bonchev–Trinajstić information content (AvgIpc) is 3.12. The zero-order valence-corrected chi connectivity index (χ0v) is 18.1.